The van der Waals surface area contributed by atoms with E-state index in [1.807, 2.05) is 36.4 Å². The summed E-state index contributed by atoms with van der Waals surface area (Å²) in [5.41, 5.74) is 2.22. The van der Waals surface area contributed by atoms with Crippen molar-refractivity contribution in [1.82, 2.24) is 4.98 Å². The second-order valence-electron chi connectivity index (χ2n) is 4.33. The Labute approximate surface area is 115 Å². The van der Waals surface area contributed by atoms with Gasteiger partial charge < -0.3 is 5.21 Å². The summed E-state index contributed by atoms with van der Waals surface area (Å²) in [5.74, 6) is 0.425. The molecule has 4 heteroatoms. The Morgan fingerprint density at radius 2 is 1.84 bits per heavy atom. The molecule has 0 spiro atoms. The lowest BCUT2D eigenvalue weighted by atomic mass is 10.1. The molecule has 0 aliphatic heterocycles. The first-order chi connectivity index (χ1) is 9.16. The fourth-order valence-electron chi connectivity index (χ4n) is 2.16. The maximum absolute atomic E-state index is 12.3. The van der Waals surface area contributed by atoms with E-state index < -0.39 is 0 Å². The third kappa shape index (κ3) is 2.02. The predicted molar refractivity (Wildman–Crippen MR) is 75.9 cm³/mol. The number of rotatable bonds is 1. The van der Waals surface area contributed by atoms with Gasteiger partial charge in [0.1, 0.15) is 5.69 Å². The van der Waals surface area contributed by atoms with Crippen LogP contribution in [-0.4, -0.2) is 4.98 Å². The van der Waals surface area contributed by atoms with E-state index in [1.54, 1.807) is 19.1 Å². The van der Waals surface area contributed by atoms with E-state index in [4.69, 9.17) is 11.6 Å². The first-order valence-corrected chi connectivity index (χ1v) is 6.29. The molecule has 19 heavy (non-hydrogen) atoms. The number of hydrogen-bond acceptors (Lipinski definition) is 2. The van der Waals surface area contributed by atoms with Crippen molar-refractivity contribution >= 4 is 22.5 Å². The van der Waals surface area contributed by atoms with Crippen LogP contribution in [0.25, 0.3) is 22.2 Å². The Balaban J connectivity index is 2.44. The zero-order valence-corrected chi connectivity index (χ0v) is 11.1. The highest BCUT2D eigenvalue weighted by molar-refractivity contribution is 6.31. The molecule has 0 aliphatic carbocycles. The van der Waals surface area contributed by atoms with E-state index in [-0.39, 0.29) is 0 Å². The summed E-state index contributed by atoms with van der Waals surface area (Å²) in [6.45, 7) is 1.70. The molecule has 0 N–H and O–H groups in total. The van der Waals surface area contributed by atoms with Gasteiger partial charge in [-0.1, -0.05) is 41.9 Å². The van der Waals surface area contributed by atoms with Crippen LogP contribution in [0.1, 0.15) is 5.82 Å². The maximum atomic E-state index is 12.3. The Hall–Kier alpha value is -2.13. The van der Waals surface area contributed by atoms with Crippen molar-refractivity contribution in [2.75, 3.05) is 0 Å². The monoisotopic (exact) mass is 270 g/mol. The summed E-state index contributed by atoms with van der Waals surface area (Å²) in [6, 6.07) is 14.9. The molecule has 0 radical (unpaired) electrons. The van der Waals surface area contributed by atoms with E-state index in [2.05, 4.69) is 4.98 Å². The molecule has 0 aliphatic rings. The summed E-state index contributed by atoms with van der Waals surface area (Å²) in [4.78, 5) is 4.29. The second kappa shape index (κ2) is 4.52. The topological polar surface area (TPSA) is 39.8 Å². The molecule has 94 valence electrons. The van der Waals surface area contributed by atoms with Crippen LogP contribution in [0.15, 0.2) is 48.5 Å². The predicted octanol–water partition coefficient (Wildman–Crippen LogP) is 3.50. The van der Waals surface area contributed by atoms with Crippen LogP contribution < -0.4 is 4.73 Å². The number of halogens is 1. The van der Waals surface area contributed by atoms with Gasteiger partial charge in [0, 0.05) is 17.5 Å². The fourth-order valence-corrected chi connectivity index (χ4v) is 2.33. The van der Waals surface area contributed by atoms with Gasteiger partial charge in [-0.25, -0.2) is 4.73 Å². The van der Waals surface area contributed by atoms with Crippen LogP contribution in [-0.2, 0) is 0 Å². The summed E-state index contributed by atoms with van der Waals surface area (Å²) in [6.07, 6.45) is 0. The van der Waals surface area contributed by atoms with Crippen LogP contribution in [0.3, 0.4) is 0 Å². The molecule has 3 aromatic rings. The maximum Gasteiger partial charge on any atom is 0.299 e. The minimum atomic E-state index is 0.425. The van der Waals surface area contributed by atoms with Gasteiger partial charge in [-0.3, -0.25) is 0 Å². The molecule has 0 atom stereocenters. The number of nitrogens with zero attached hydrogens (tertiary/aromatic N) is 2. The highest BCUT2D eigenvalue weighted by atomic mass is 35.5. The van der Waals surface area contributed by atoms with Gasteiger partial charge in [0.05, 0.1) is 5.39 Å². The van der Waals surface area contributed by atoms with E-state index in [0.29, 0.717) is 16.5 Å². The molecule has 0 saturated heterocycles. The highest BCUT2D eigenvalue weighted by Crippen LogP contribution is 2.26. The smallest absolute Gasteiger partial charge is 0.299 e. The normalized spacial score (nSPS) is 10.8. The molecule has 0 bridgehead atoms. The van der Waals surface area contributed by atoms with Crippen LogP contribution in [0.5, 0.6) is 0 Å². The van der Waals surface area contributed by atoms with Crippen molar-refractivity contribution in [1.29, 1.82) is 0 Å². The van der Waals surface area contributed by atoms with Crippen molar-refractivity contribution in [3.63, 3.8) is 0 Å². The fraction of sp³-hybridized carbons (Fsp3) is 0.0667. The third-order valence-electron chi connectivity index (χ3n) is 3.04. The van der Waals surface area contributed by atoms with E-state index >= 15 is 0 Å². The van der Waals surface area contributed by atoms with Gasteiger partial charge in [-0.05, 0) is 23.2 Å². The molecule has 3 nitrogen and oxygen atoms in total. The third-order valence-corrected chi connectivity index (χ3v) is 3.28. The zero-order chi connectivity index (χ0) is 13.4. The first kappa shape index (κ1) is 11.9. The molecule has 1 heterocycles. The van der Waals surface area contributed by atoms with Crippen LogP contribution >= 0.6 is 11.6 Å². The summed E-state index contributed by atoms with van der Waals surface area (Å²) < 4.78 is 0.855. The van der Waals surface area contributed by atoms with Gasteiger partial charge in [-0.15, -0.1) is 0 Å². The summed E-state index contributed by atoms with van der Waals surface area (Å²) in [7, 11) is 0. The van der Waals surface area contributed by atoms with Crippen molar-refractivity contribution in [2.24, 2.45) is 0 Å². The minimum Gasteiger partial charge on any atom is -0.710 e. The van der Waals surface area contributed by atoms with E-state index in [0.717, 1.165) is 21.2 Å². The molecule has 0 amide bonds. The molecule has 0 unspecified atom stereocenters. The van der Waals surface area contributed by atoms with Gasteiger partial charge >= 0.3 is 0 Å². The van der Waals surface area contributed by atoms with Crippen LogP contribution in [0, 0.1) is 12.1 Å². The molecule has 1 aromatic heterocycles. The molecular formula is C15H11ClN2O. The second-order valence-corrected chi connectivity index (χ2v) is 4.77. The number of aryl methyl sites for hydroxylation is 1. The largest absolute Gasteiger partial charge is 0.710 e. The van der Waals surface area contributed by atoms with Crippen molar-refractivity contribution in [3.8, 4) is 11.3 Å². The van der Waals surface area contributed by atoms with Gasteiger partial charge in [-0.2, -0.15) is 0 Å². The van der Waals surface area contributed by atoms with Gasteiger partial charge in [0.15, 0.2) is 5.52 Å². The van der Waals surface area contributed by atoms with Gasteiger partial charge in [0.25, 0.3) is 5.82 Å². The Kier molecular flexibility index (Phi) is 2.84. The molecular weight excluding hydrogens is 260 g/mol. The lowest BCUT2D eigenvalue weighted by Crippen LogP contribution is -2.34. The highest BCUT2D eigenvalue weighted by Gasteiger charge is 2.16. The molecule has 0 fully saturated rings. The zero-order valence-electron chi connectivity index (χ0n) is 10.3. The molecule has 2 aromatic carbocycles. The van der Waals surface area contributed by atoms with Crippen molar-refractivity contribution < 1.29 is 4.73 Å². The van der Waals surface area contributed by atoms with Crippen LogP contribution in [0.2, 0.25) is 5.02 Å². The number of fused-ring (bicyclic) bond motifs is 1. The van der Waals surface area contributed by atoms with E-state index in [9.17, 15) is 5.21 Å². The summed E-state index contributed by atoms with van der Waals surface area (Å²) >= 11 is 6.03. The number of benzene rings is 2. The SMILES string of the molecule is Cc1nc2ccc(Cl)cc2c(-c2ccccc2)[n+]1[O-]. The Morgan fingerprint density at radius 3 is 2.58 bits per heavy atom. The summed E-state index contributed by atoms with van der Waals surface area (Å²) in [5, 5.41) is 13.7. The minimum absolute atomic E-state index is 0.425. The van der Waals surface area contributed by atoms with Crippen LogP contribution in [0.4, 0.5) is 0 Å². The van der Waals surface area contributed by atoms with Crippen molar-refractivity contribution in [3.05, 3.63) is 64.6 Å². The quantitative estimate of drug-likeness (QED) is 0.501. The number of hydrogen-bond donors (Lipinski definition) is 0. The van der Waals surface area contributed by atoms with Gasteiger partial charge in [0.2, 0.25) is 0 Å². The number of aromatic nitrogens is 2. The average Bonchev–Trinajstić information content (AvgIpc) is 2.42. The lowest BCUT2D eigenvalue weighted by Gasteiger charge is -2.12. The lowest BCUT2D eigenvalue weighted by molar-refractivity contribution is -0.602. The first-order valence-electron chi connectivity index (χ1n) is 5.91. The average molecular weight is 271 g/mol. The molecule has 0 saturated carbocycles. The molecule has 3 rings (SSSR count). The standard InChI is InChI=1S/C15H11ClN2O/c1-10-17-14-8-7-12(16)9-13(14)15(18(10)19)11-5-3-2-4-6-11/h2-9H,1H3. The Morgan fingerprint density at radius 1 is 1.11 bits per heavy atom. The Bertz CT molecular complexity index is 757. The van der Waals surface area contributed by atoms with E-state index in [1.165, 1.54) is 0 Å². The van der Waals surface area contributed by atoms with Crippen molar-refractivity contribution in [2.45, 2.75) is 6.92 Å².